The molecule has 0 aromatic rings. The number of ketones is 2. The fraction of sp³-hybridized carbons (Fsp3) is 0.800. The Hall–Kier alpha value is -1.08. The summed E-state index contributed by atoms with van der Waals surface area (Å²) >= 11 is 0. The van der Waals surface area contributed by atoms with Crippen molar-refractivity contribution in [3.05, 3.63) is 11.6 Å². The van der Waals surface area contributed by atoms with Crippen molar-refractivity contribution in [2.75, 3.05) is 0 Å². The van der Waals surface area contributed by atoms with E-state index in [2.05, 4.69) is 0 Å². The first-order valence-electron chi connectivity index (χ1n) is 9.46. The summed E-state index contributed by atoms with van der Waals surface area (Å²) in [6.45, 7) is 8.70. The molecule has 144 valence electrons. The van der Waals surface area contributed by atoms with Gasteiger partial charge in [-0.1, -0.05) is 20.8 Å². The summed E-state index contributed by atoms with van der Waals surface area (Å²) in [6.07, 6.45) is 0.598. The van der Waals surface area contributed by atoms with Crippen molar-refractivity contribution in [3.63, 3.8) is 0 Å². The molecule has 1 spiro atoms. The summed E-state index contributed by atoms with van der Waals surface area (Å²) in [6, 6.07) is 0. The predicted octanol–water partition coefficient (Wildman–Crippen LogP) is 1.12. The van der Waals surface area contributed by atoms with Crippen molar-refractivity contribution < 1.29 is 29.6 Å². The van der Waals surface area contributed by atoms with Crippen molar-refractivity contribution >= 4 is 11.6 Å². The van der Waals surface area contributed by atoms with E-state index >= 15 is 0 Å². The van der Waals surface area contributed by atoms with E-state index < -0.39 is 39.7 Å². The maximum atomic E-state index is 13.8. The molecule has 4 rings (SSSR count). The summed E-state index contributed by atoms with van der Waals surface area (Å²) in [5, 5.41) is 34.3. The van der Waals surface area contributed by atoms with Crippen LogP contribution in [0.4, 0.5) is 0 Å². The molecule has 0 aromatic heterocycles. The molecule has 26 heavy (non-hydrogen) atoms. The minimum atomic E-state index is -1.99. The largest absolute Gasteiger partial charge is 0.389 e. The first-order chi connectivity index (χ1) is 11.8. The summed E-state index contributed by atoms with van der Waals surface area (Å²) in [5.74, 6) is -3.23. The Morgan fingerprint density at radius 3 is 2.42 bits per heavy atom. The Bertz CT molecular complexity index is 757. The number of Topliss-reactive ketones (excluding diaryl/α,β-unsaturated/α-hetero) is 1. The number of fused-ring (bicyclic) bond motifs is 2. The van der Waals surface area contributed by atoms with Crippen LogP contribution in [0.1, 0.15) is 53.9 Å². The molecule has 2 aliphatic heterocycles. The van der Waals surface area contributed by atoms with Crippen molar-refractivity contribution in [1.82, 2.24) is 0 Å². The van der Waals surface area contributed by atoms with E-state index in [1.165, 1.54) is 6.08 Å². The molecule has 0 aromatic carbocycles. The molecule has 1 saturated carbocycles. The van der Waals surface area contributed by atoms with Gasteiger partial charge in [-0.2, -0.15) is 0 Å². The van der Waals surface area contributed by atoms with E-state index in [4.69, 9.17) is 4.74 Å². The van der Waals surface area contributed by atoms with Gasteiger partial charge in [-0.25, -0.2) is 0 Å². The lowest BCUT2D eigenvalue weighted by atomic mass is 9.51. The lowest BCUT2D eigenvalue weighted by Crippen LogP contribution is -2.78. The number of hydrogen-bond donors (Lipinski definition) is 3. The number of carbonyl (C=O) groups excluding carboxylic acids is 2. The maximum Gasteiger partial charge on any atom is 0.186 e. The van der Waals surface area contributed by atoms with Gasteiger partial charge in [0.2, 0.25) is 0 Å². The summed E-state index contributed by atoms with van der Waals surface area (Å²) in [7, 11) is 0. The van der Waals surface area contributed by atoms with Gasteiger partial charge >= 0.3 is 0 Å². The number of aliphatic hydroxyl groups is 3. The summed E-state index contributed by atoms with van der Waals surface area (Å²) in [5.41, 5.74) is -6.25. The maximum absolute atomic E-state index is 13.8. The topological polar surface area (TPSA) is 104 Å². The highest BCUT2D eigenvalue weighted by molar-refractivity contribution is 6.08. The predicted molar refractivity (Wildman–Crippen MR) is 91.9 cm³/mol. The van der Waals surface area contributed by atoms with Gasteiger partial charge in [0.05, 0.1) is 11.5 Å². The van der Waals surface area contributed by atoms with E-state index in [1.807, 2.05) is 13.8 Å². The molecule has 0 amide bonds. The standard InChI is InChI=1S/C20H28O6/c1-10(2)12-8-13(21)16(4)9-19(25)17(12,5)15(23)20(26-19)14(22)11(3)6-7-18(16,20)24/h8,10-11,14,22,24-25H,6-7,9H2,1-5H3/t11-,14+,16+,17-,18-,19-,20-/m0/s1. The van der Waals surface area contributed by atoms with Crippen molar-refractivity contribution in [3.8, 4) is 0 Å². The minimum Gasteiger partial charge on any atom is -0.389 e. The summed E-state index contributed by atoms with van der Waals surface area (Å²) in [4.78, 5) is 27.1. The Morgan fingerprint density at radius 2 is 1.85 bits per heavy atom. The zero-order chi connectivity index (χ0) is 19.5. The van der Waals surface area contributed by atoms with Crippen LogP contribution in [-0.2, 0) is 14.3 Å². The normalized spacial score (nSPS) is 55.8. The first kappa shape index (κ1) is 18.3. The summed E-state index contributed by atoms with van der Waals surface area (Å²) < 4.78 is 6.00. The monoisotopic (exact) mass is 364 g/mol. The molecule has 0 radical (unpaired) electrons. The van der Waals surface area contributed by atoms with Crippen LogP contribution < -0.4 is 0 Å². The van der Waals surface area contributed by atoms with Gasteiger partial charge in [0.25, 0.3) is 0 Å². The van der Waals surface area contributed by atoms with Gasteiger partial charge in [-0.05, 0) is 50.2 Å². The van der Waals surface area contributed by atoms with Crippen LogP contribution in [0, 0.1) is 22.7 Å². The molecule has 2 heterocycles. The fourth-order valence-electron chi connectivity index (χ4n) is 6.22. The van der Waals surface area contributed by atoms with Crippen LogP contribution in [0.25, 0.3) is 0 Å². The van der Waals surface area contributed by atoms with Crippen LogP contribution in [0.2, 0.25) is 0 Å². The molecular weight excluding hydrogens is 336 g/mol. The zero-order valence-corrected chi connectivity index (χ0v) is 16.0. The Morgan fingerprint density at radius 1 is 1.23 bits per heavy atom. The average Bonchev–Trinajstić information content (AvgIpc) is 2.67. The minimum absolute atomic E-state index is 0.163. The van der Waals surface area contributed by atoms with Gasteiger partial charge < -0.3 is 20.1 Å². The zero-order valence-electron chi connectivity index (χ0n) is 16.0. The Kier molecular flexibility index (Phi) is 3.28. The first-order valence-corrected chi connectivity index (χ1v) is 9.46. The van der Waals surface area contributed by atoms with Crippen LogP contribution in [-0.4, -0.2) is 50.0 Å². The highest BCUT2D eigenvalue weighted by atomic mass is 16.7. The molecule has 6 nitrogen and oxygen atoms in total. The quantitative estimate of drug-likeness (QED) is 0.644. The smallest absolute Gasteiger partial charge is 0.186 e. The van der Waals surface area contributed by atoms with Crippen LogP contribution in [0.15, 0.2) is 11.6 Å². The van der Waals surface area contributed by atoms with Crippen molar-refractivity contribution in [2.24, 2.45) is 22.7 Å². The third kappa shape index (κ3) is 1.49. The molecule has 0 unspecified atom stereocenters. The number of hydrogen-bond acceptors (Lipinski definition) is 6. The molecule has 4 aliphatic rings. The molecule has 6 heteroatoms. The van der Waals surface area contributed by atoms with Crippen LogP contribution in [0.3, 0.4) is 0 Å². The second-order valence-corrected chi connectivity index (χ2v) is 9.52. The van der Waals surface area contributed by atoms with Gasteiger partial charge in [0.1, 0.15) is 11.0 Å². The van der Waals surface area contributed by atoms with Crippen LogP contribution in [0.5, 0.6) is 0 Å². The van der Waals surface area contributed by atoms with Gasteiger partial charge in [0, 0.05) is 6.42 Å². The molecule has 3 fully saturated rings. The van der Waals surface area contributed by atoms with Gasteiger partial charge in [0.15, 0.2) is 23.0 Å². The lowest BCUT2D eigenvalue weighted by molar-refractivity contribution is -0.375. The number of ether oxygens (including phenoxy) is 1. The second kappa shape index (κ2) is 4.66. The molecule has 2 saturated heterocycles. The number of aliphatic hydroxyl groups excluding tert-OH is 1. The van der Waals surface area contributed by atoms with E-state index in [1.54, 1.807) is 20.8 Å². The van der Waals surface area contributed by atoms with Crippen LogP contribution >= 0.6 is 0 Å². The third-order valence-electron chi connectivity index (χ3n) is 7.97. The molecule has 7 atom stereocenters. The molecular formula is C20H28O6. The number of allylic oxidation sites excluding steroid dienone is 1. The molecule has 3 N–H and O–H groups in total. The van der Waals surface area contributed by atoms with Crippen molar-refractivity contribution in [1.29, 1.82) is 0 Å². The number of carbonyl (C=O) groups is 2. The lowest BCUT2D eigenvalue weighted by Gasteiger charge is -2.61. The highest BCUT2D eigenvalue weighted by Gasteiger charge is 2.87. The van der Waals surface area contributed by atoms with E-state index in [9.17, 15) is 24.9 Å². The Labute approximate surface area is 153 Å². The van der Waals surface area contributed by atoms with Crippen molar-refractivity contribution in [2.45, 2.75) is 77.0 Å². The fourth-order valence-corrected chi connectivity index (χ4v) is 6.22. The number of rotatable bonds is 1. The second-order valence-electron chi connectivity index (χ2n) is 9.52. The van der Waals surface area contributed by atoms with Gasteiger partial charge in [-0.15, -0.1) is 0 Å². The SMILES string of the molecule is CC(C)C1=CC(=O)[C@@]2(C)C[C@]3(O)O[C@]4(C(=O)[C@]13C)[C@H](O)[C@@H](C)CC[C@@]42O. The van der Waals surface area contributed by atoms with E-state index in [0.29, 0.717) is 12.0 Å². The van der Waals surface area contributed by atoms with E-state index in [-0.39, 0.29) is 30.5 Å². The van der Waals surface area contributed by atoms with E-state index in [0.717, 1.165) is 0 Å². The molecule has 3 bridgehead atoms. The average molecular weight is 364 g/mol. The highest BCUT2D eigenvalue weighted by Crippen LogP contribution is 2.71. The molecule has 2 aliphatic carbocycles. The Balaban J connectivity index is 2.13. The van der Waals surface area contributed by atoms with Gasteiger partial charge in [-0.3, -0.25) is 9.59 Å². The third-order valence-corrected chi connectivity index (χ3v) is 7.97.